The van der Waals surface area contributed by atoms with Crippen LogP contribution in [0.1, 0.15) is 44.6 Å². The summed E-state index contributed by atoms with van der Waals surface area (Å²) >= 11 is 6.14. The molecular formula is C15H22ClN. The molecule has 1 saturated carbocycles. The Morgan fingerprint density at radius 2 is 1.94 bits per heavy atom. The van der Waals surface area contributed by atoms with E-state index in [1.807, 2.05) is 12.1 Å². The fourth-order valence-corrected chi connectivity index (χ4v) is 2.94. The number of anilines is 1. The maximum absolute atomic E-state index is 6.14. The number of hydrogen-bond acceptors (Lipinski definition) is 1. The van der Waals surface area contributed by atoms with Crippen molar-refractivity contribution in [1.29, 1.82) is 0 Å². The Hall–Kier alpha value is -0.690. The Morgan fingerprint density at radius 3 is 2.65 bits per heavy atom. The molecule has 1 N–H and O–H groups in total. The molecule has 1 fully saturated rings. The molecule has 1 aromatic rings. The molecule has 1 atom stereocenters. The van der Waals surface area contributed by atoms with Gasteiger partial charge < -0.3 is 5.32 Å². The first-order chi connectivity index (χ1) is 8.18. The molecule has 1 aromatic carbocycles. The molecule has 2 rings (SSSR count). The Bertz CT molecular complexity index is 369. The van der Waals surface area contributed by atoms with Gasteiger partial charge in [-0.1, -0.05) is 36.9 Å². The summed E-state index contributed by atoms with van der Waals surface area (Å²) in [5.74, 6) is 0.821. The third kappa shape index (κ3) is 3.16. The Labute approximate surface area is 110 Å². The van der Waals surface area contributed by atoms with Gasteiger partial charge >= 0.3 is 0 Å². The topological polar surface area (TPSA) is 12.0 Å². The molecule has 0 bridgehead atoms. The lowest BCUT2D eigenvalue weighted by molar-refractivity contribution is 0.328. The van der Waals surface area contributed by atoms with Crippen molar-refractivity contribution in [1.82, 2.24) is 0 Å². The van der Waals surface area contributed by atoms with E-state index in [9.17, 15) is 0 Å². The van der Waals surface area contributed by atoms with E-state index in [2.05, 4.69) is 25.2 Å². The van der Waals surface area contributed by atoms with Crippen LogP contribution in [0.25, 0.3) is 0 Å². The maximum Gasteiger partial charge on any atom is 0.0455 e. The van der Waals surface area contributed by atoms with E-state index < -0.39 is 0 Å². The lowest BCUT2D eigenvalue weighted by Crippen LogP contribution is -2.27. The first-order valence-electron chi connectivity index (χ1n) is 6.70. The lowest BCUT2D eigenvalue weighted by Gasteiger charge is -2.29. The van der Waals surface area contributed by atoms with E-state index >= 15 is 0 Å². The van der Waals surface area contributed by atoms with Crippen LogP contribution >= 0.6 is 11.6 Å². The summed E-state index contributed by atoms with van der Waals surface area (Å²) in [4.78, 5) is 0. The van der Waals surface area contributed by atoms with Crippen LogP contribution < -0.4 is 5.32 Å². The quantitative estimate of drug-likeness (QED) is 0.795. The fourth-order valence-electron chi connectivity index (χ4n) is 2.76. The molecule has 1 aliphatic rings. The van der Waals surface area contributed by atoms with Crippen molar-refractivity contribution in [2.75, 3.05) is 5.32 Å². The molecule has 0 amide bonds. The van der Waals surface area contributed by atoms with Crippen LogP contribution in [-0.4, -0.2) is 6.04 Å². The highest BCUT2D eigenvalue weighted by atomic mass is 35.5. The highest BCUT2D eigenvalue weighted by molar-refractivity contribution is 6.31. The van der Waals surface area contributed by atoms with Crippen molar-refractivity contribution in [3.8, 4) is 0 Å². The van der Waals surface area contributed by atoms with Gasteiger partial charge in [-0.05, 0) is 50.3 Å². The number of rotatable bonds is 3. The Kier molecular flexibility index (Phi) is 4.33. The minimum atomic E-state index is 0.549. The monoisotopic (exact) mass is 251 g/mol. The van der Waals surface area contributed by atoms with E-state index in [1.165, 1.54) is 37.8 Å². The van der Waals surface area contributed by atoms with Crippen LogP contribution in [0.2, 0.25) is 5.02 Å². The van der Waals surface area contributed by atoms with Crippen molar-refractivity contribution in [2.45, 2.75) is 52.0 Å². The molecule has 1 unspecified atom stereocenters. The summed E-state index contributed by atoms with van der Waals surface area (Å²) in [7, 11) is 0. The highest BCUT2D eigenvalue weighted by Gasteiger charge is 2.20. The van der Waals surface area contributed by atoms with Crippen LogP contribution in [0.5, 0.6) is 0 Å². The van der Waals surface area contributed by atoms with Gasteiger partial charge in [-0.2, -0.15) is 0 Å². The van der Waals surface area contributed by atoms with Gasteiger partial charge in [-0.25, -0.2) is 0 Å². The largest absolute Gasteiger partial charge is 0.382 e. The zero-order valence-corrected chi connectivity index (χ0v) is 11.6. The van der Waals surface area contributed by atoms with Gasteiger partial charge in [-0.15, -0.1) is 0 Å². The summed E-state index contributed by atoms with van der Waals surface area (Å²) in [5.41, 5.74) is 2.35. The second-order valence-corrected chi connectivity index (χ2v) is 5.65. The average molecular weight is 252 g/mol. The van der Waals surface area contributed by atoms with Gasteiger partial charge in [0.2, 0.25) is 0 Å². The first-order valence-corrected chi connectivity index (χ1v) is 7.08. The van der Waals surface area contributed by atoms with Crippen molar-refractivity contribution < 1.29 is 0 Å². The second-order valence-electron chi connectivity index (χ2n) is 5.24. The molecule has 0 radical (unpaired) electrons. The number of benzene rings is 1. The smallest absolute Gasteiger partial charge is 0.0455 e. The first kappa shape index (κ1) is 12.8. The minimum Gasteiger partial charge on any atom is -0.382 e. The number of hydrogen-bond donors (Lipinski definition) is 1. The van der Waals surface area contributed by atoms with Crippen molar-refractivity contribution >= 4 is 17.3 Å². The predicted octanol–water partition coefficient (Wildman–Crippen LogP) is 5.03. The number of nitrogens with one attached hydrogen (secondary N) is 1. The van der Waals surface area contributed by atoms with Gasteiger partial charge in [0.05, 0.1) is 0 Å². The third-order valence-corrected chi connectivity index (χ3v) is 4.42. The van der Waals surface area contributed by atoms with Gasteiger partial charge in [0.15, 0.2) is 0 Å². The standard InChI is InChI=1S/C15H22ClN/c1-11-14(16)9-6-10-15(11)17-12(2)13-7-4-3-5-8-13/h6,9-10,12-13,17H,3-5,7-8H2,1-2H3. The van der Waals surface area contributed by atoms with Crippen LogP contribution in [-0.2, 0) is 0 Å². The molecular weight excluding hydrogens is 230 g/mol. The minimum absolute atomic E-state index is 0.549. The predicted molar refractivity (Wildman–Crippen MR) is 75.8 cm³/mol. The second kappa shape index (κ2) is 5.77. The molecule has 17 heavy (non-hydrogen) atoms. The van der Waals surface area contributed by atoms with Crippen molar-refractivity contribution in [3.63, 3.8) is 0 Å². The van der Waals surface area contributed by atoms with Crippen LogP contribution in [0, 0.1) is 12.8 Å². The maximum atomic E-state index is 6.14. The average Bonchev–Trinajstić information content (AvgIpc) is 2.36. The molecule has 1 nitrogen and oxygen atoms in total. The molecule has 94 valence electrons. The number of halogens is 1. The van der Waals surface area contributed by atoms with E-state index in [4.69, 9.17) is 11.6 Å². The van der Waals surface area contributed by atoms with E-state index in [-0.39, 0.29) is 0 Å². The SMILES string of the molecule is Cc1c(Cl)cccc1NC(C)C1CCCCC1. The van der Waals surface area contributed by atoms with Gasteiger partial charge in [0.25, 0.3) is 0 Å². The zero-order valence-electron chi connectivity index (χ0n) is 10.8. The third-order valence-electron chi connectivity index (χ3n) is 4.01. The molecule has 0 aliphatic heterocycles. The molecule has 0 saturated heterocycles. The summed E-state index contributed by atoms with van der Waals surface area (Å²) in [6, 6.07) is 6.64. The summed E-state index contributed by atoms with van der Waals surface area (Å²) in [5, 5.41) is 4.49. The van der Waals surface area contributed by atoms with Crippen LogP contribution in [0.4, 0.5) is 5.69 Å². The highest BCUT2D eigenvalue weighted by Crippen LogP contribution is 2.30. The summed E-state index contributed by atoms with van der Waals surface area (Å²) < 4.78 is 0. The molecule has 0 spiro atoms. The van der Waals surface area contributed by atoms with Gasteiger partial charge in [0, 0.05) is 16.8 Å². The van der Waals surface area contributed by atoms with Crippen molar-refractivity contribution in [3.05, 3.63) is 28.8 Å². The van der Waals surface area contributed by atoms with Crippen LogP contribution in [0.15, 0.2) is 18.2 Å². The van der Waals surface area contributed by atoms with Gasteiger partial charge in [0.1, 0.15) is 0 Å². The Balaban J connectivity index is 2.01. The molecule has 1 aliphatic carbocycles. The fraction of sp³-hybridized carbons (Fsp3) is 0.600. The van der Waals surface area contributed by atoms with Gasteiger partial charge in [-0.3, -0.25) is 0 Å². The normalized spacial score (nSPS) is 19.0. The van der Waals surface area contributed by atoms with Crippen LogP contribution in [0.3, 0.4) is 0 Å². The summed E-state index contributed by atoms with van der Waals surface area (Å²) in [6.45, 7) is 4.38. The molecule has 0 heterocycles. The van der Waals surface area contributed by atoms with E-state index in [1.54, 1.807) is 0 Å². The molecule has 2 heteroatoms. The summed E-state index contributed by atoms with van der Waals surface area (Å²) in [6.07, 6.45) is 6.94. The Morgan fingerprint density at radius 1 is 1.24 bits per heavy atom. The molecule has 0 aromatic heterocycles. The zero-order chi connectivity index (χ0) is 12.3. The van der Waals surface area contributed by atoms with Crippen molar-refractivity contribution in [2.24, 2.45) is 5.92 Å². The lowest BCUT2D eigenvalue weighted by atomic mass is 9.84. The van der Waals surface area contributed by atoms with E-state index in [0.717, 1.165) is 16.5 Å². The van der Waals surface area contributed by atoms with E-state index in [0.29, 0.717) is 6.04 Å².